The second-order valence-electron chi connectivity index (χ2n) is 4.52. The Kier molecular flexibility index (Phi) is 5.92. The summed E-state index contributed by atoms with van der Waals surface area (Å²) < 4.78 is 0. The van der Waals surface area contributed by atoms with E-state index in [0.29, 0.717) is 0 Å². The number of nitrogens with one attached hydrogen (secondary N) is 1. The molecule has 1 aromatic rings. The third kappa shape index (κ3) is 4.67. The molecular formula is C13H22ClN. The highest BCUT2D eigenvalue weighted by molar-refractivity contribution is 5.85. The standard InChI is InChI=1S/C13H21N.ClH/c1-5-13(3,4)14-10-12-9-7-6-8-11(12)2;/h6-9,14H,5,10H2,1-4H3;1H. The number of hydrogen-bond acceptors (Lipinski definition) is 1. The van der Waals surface area contributed by atoms with Crippen LogP contribution in [0.15, 0.2) is 24.3 Å². The van der Waals surface area contributed by atoms with E-state index in [1.165, 1.54) is 11.1 Å². The first-order chi connectivity index (χ1) is 6.55. The van der Waals surface area contributed by atoms with Crippen molar-refractivity contribution in [3.05, 3.63) is 35.4 Å². The monoisotopic (exact) mass is 227 g/mol. The minimum absolute atomic E-state index is 0. The van der Waals surface area contributed by atoms with Crippen molar-refractivity contribution < 1.29 is 0 Å². The van der Waals surface area contributed by atoms with Gasteiger partial charge in [0.1, 0.15) is 0 Å². The molecule has 1 nitrogen and oxygen atoms in total. The molecule has 2 heteroatoms. The lowest BCUT2D eigenvalue weighted by Gasteiger charge is -2.25. The molecule has 0 aliphatic rings. The third-order valence-corrected chi connectivity index (χ3v) is 2.90. The second-order valence-corrected chi connectivity index (χ2v) is 4.52. The normalized spacial score (nSPS) is 10.9. The fraction of sp³-hybridized carbons (Fsp3) is 0.538. The molecule has 0 amide bonds. The predicted molar refractivity (Wildman–Crippen MR) is 69.6 cm³/mol. The smallest absolute Gasteiger partial charge is 0.0213 e. The number of hydrogen-bond donors (Lipinski definition) is 1. The van der Waals surface area contributed by atoms with Gasteiger partial charge >= 0.3 is 0 Å². The molecular weight excluding hydrogens is 206 g/mol. The van der Waals surface area contributed by atoms with Crippen LogP contribution in [0.4, 0.5) is 0 Å². The Bertz CT molecular complexity index is 294. The van der Waals surface area contributed by atoms with Gasteiger partial charge in [0.2, 0.25) is 0 Å². The van der Waals surface area contributed by atoms with Crippen molar-refractivity contribution in [2.45, 2.75) is 46.2 Å². The molecule has 1 rings (SSSR count). The Labute approximate surface area is 99.7 Å². The summed E-state index contributed by atoms with van der Waals surface area (Å²) in [5.41, 5.74) is 3.00. The summed E-state index contributed by atoms with van der Waals surface area (Å²) in [4.78, 5) is 0. The molecule has 0 saturated heterocycles. The first-order valence-electron chi connectivity index (χ1n) is 5.35. The van der Waals surface area contributed by atoms with Crippen molar-refractivity contribution >= 4 is 12.4 Å². The maximum atomic E-state index is 3.57. The Morgan fingerprint density at radius 3 is 2.33 bits per heavy atom. The molecule has 1 N–H and O–H groups in total. The van der Waals surface area contributed by atoms with Gasteiger partial charge < -0.3 is 5.32 Å². The van der Waals surface area contributed by atoms with Crippen LogP contribution in [0.5, 0.6) is 0 Å². The van der Waals surface area contributed by atoms with Crippen molar-refractivity contribution in [2.24, 2.45) is 0 Å². The van der Waals surface area contributed by atoms with Crippen LogP contribution in [0.2, 0.25) is 0 Å². The molecule has 0 fully saturated rings. The van der Waals surface area contributed by atoms with Gasteiger partial charge in [-0.1, -0.05) is 31.2 Å². The van der Waals surface area contributed by atoms with Gasteiger partial charge in [0.25, 0.3) is 0 Å². The summed E-state index contributed by atoms with van der Waals surface area (Å²) in [5.74, 6) is 0. The lowest BCUT2D eigenvalue weighted by Crippen LogP contribution is -2.37. The highest BCUT2D eigenvalue weighted by Crippen LogP contribution is 2.11. The lowest BCUT2D eigenvalue weighted by atomic mass is 10.0. The van der Waals surface area contributed by atoms with Crippen molar-refractivity contribution in [3.8, 4) is 0 Å². The van der Waals surface area contributed by atoms with Gasteiger partial charge in [0, 0.05) is 12.1 Å². The highest BCUT2D eigenvalue weighted by atomic mass is 35.5. The van der Waals surface area contributed by atoms with Gasteiger partial charge in [-0.25, -0.2) is 0 Å². The van der Waals surface area contributed by atoms with E-state index in [2.05, 4.69) is 57.3 Å². The summed E-state index contributed by atoms with van der Waals surface area (Å²) in [7, 11) is 0. The Morgan fingerprint density at radius 2 is 1.80 bits per heavy atom. The molecule has 1 aromatic carbocycles. The van der Waals surface area contributed by atoms with Gasteiger partial charge in [-0.15, -0.1) is 12.4 Å². The SMILES string of the molecule is CCC(C)(C)NCc1ccccc1C.Cl. The molecule has 0 saturated carbocycles. The minimum atomic E-state index is 0. The average molecular weight is 228 g/mol. The van der Waals surface area contributed by atoms with Crippen LogP contribution in [0, 0.1) is 6.92 Å². The fourth-order valence-electron chi connectivity index (χ4n) is 1.27. The van der Waals surface area contributed by atoms with E-state index in [0.717, 1.165) is 13.0 Å². The molecule has 0 aromatic heterocycles. The van der Waals surface area contributed by atoms with E-state index in [4.69, 9.17) is 0 Å². The topological polar surface area (TPSA) is 12.0 Å². The molecule has 0 aliphatic heterocycles. The Balaban J connectivity index is 0.00000196. The van der Waals surface area contributed by atoms with Crippen molar-refractivity contribution in [1.82, 2.24) is 5.32 Å². The number of aryl methyl sites for hydroxylation is 1. The molecule has 0 unspecified atom stereocenters. The zero-order valence-electron chi connectivity index (χ0n) is 10.1. The van der Waals surface area contributed by atoms with Crippen molar-refractivity contribution in [3.63, 3.8) is 0 Å². The summed E-state index contributed by atoms with van der Waals surface area (Å²) in [6, 6.07) is 8.54. The van der Waals surface area contributed by atoms with Gasteiger partial charge in [0.15, 0.2) is 0 Å². The molecule has 0 atom stereocenters. The molecule has 86 valence electrons. The Hall–Kier alpha value is -0.530. The van der Waals surface area contributed by atoms with Gasteiger partial charge in [-0.3, -0.25) is 0 Å². The maximum absolute atomic E-state index is 3.57. The summed E-state index contributed by atoms with van der Waals surface area (Å²) in [6.45, 7) is 9.82. The minimum Gasteiger partial charge on any atom is -0.308 e. The lowest BCUT2D eigenvalue weighted by molar-refractivity contribution is 0.374. The molecule has 0 radical (unpaired) electrons. The molecule has 0 heterocycles. The van der Waals surface area contributed by atoms with Gasteiger partial charge in [-0.2, -0.15) is 0 Å². The van der Waals surface area contributed by atoms with E-state index < -0.39 is 0 Å². The van der Waals surface area contributed by atoms with Crippen molar-refractivity contribution in [2.75, 3.05) is 0 Å². The molecule has 0 spiro atoms. The zero-order chi connectivity index (χ0) is 10.6. The predicted octanol–water partition coefficient (Wildman–Crippen LogP) is 3.70. The third-order valence-electron chi connectivity index (χ3n) is 2.90. The van der Waals surface area contributed by atoms with Crippen LogP contribution in [-0.4, -0.2) is 5.54 Å². The largest absolute Gasteiger partial charge is 0.308 e. The van der Waals surface area contributed by atoms with Crippen LogP contribution in [0.1, 0.15) is 38.3 Å². The van der Waals surface area contributed by atoms with Crippen LogP contribution in [-0.2, 0) is 6.54 Å². The zero-order valence-corrected chi connectivity index (χ0v) is 10.9. The number of rotatable bonds is 4. The van der Waals surface area contributed by atoms with Crippen LogP contribution in [0.25, 0.3) is 0 Å². The second kappa shape index (κ2) is 6.14. The van der Waals surface area contributed by atoms with E-state index in [9.17, 15) is 0 Å². The van der Waals surface area contributed by atoms with Crippen molar-refractivity contribution in [1.29, 1.82) is 0 Å². The number of halogens is 1. The average Bonchev–Trinajstić information content (AvgIpc) is 2.17. The summed E-state index contributed by atoms with van der Waals surface area (Å²) in [5, 5.41) is 3.57. The van der Waals surface area contributed by atoms with Crippen LogP contribution in [0.3, 0.4) is 0 Å². The van der Waals surface area contributed by atoms with E-state index in [1.54, 1.807) is 0 Å². The molecule has 15 heavy (non-hydrogen) atoms. The van der Waals surface area contributed by atoms with Crippen LogP contribution >= 0.6 is 12.4 Å². The van der Waals surface area contributed by atoms with Crippen LogP contribution < -0.4 is 5.32 Å². The van der Waals surface area contributed by atoms with E-state index >= 15 is 0 Å². The maximum Gasteiger partial charge on any atom is 0.0213 e. The van der Waals surface area contributed by atoms with Gasteiger partial charge in [-0.05, 0) is 38.3 Å². The molecule has 0 aliphatic carbocycles. The highest BCUT2D eigenvalue weighted by Gasteiger charge is 2.13. The summed E-state index contributed by atoms with van der Waals surface area (Å²) in [6.07, 6.45) is 1.15. The first kappa shape index (κ1) is 14.5. The van der Waals surface area contributed by atoms with E-state index in [-0.39, 0.29) is 17.9 Å². The first-order valence-corrected chi connectivity index (χ1v) is 5.35. The molecule has 0 bridgehead atoms. The quantitative estimate of drug-likeness (QED) is 0.827. The fourth-order valence-corrected chi connectivity index (χ4v) is 1.27. The number of benzene rings is 1. The van der Waals surface area contributed by atoms with Gasteiger partial charge in [0.05, 0.1) is 0 Å². The van der Waals surface area contributed by atoms with E-state index in [1.807, 2.05) is 0 Å². The summed E-state index contributed by atoms with van der Waals surface area (Å²) >= 11 is 0. The Morgan fingerprint density at radius 1 is 1.20 bits per heavy atom.